The minimum atomic E-state index is -5.72. The average molecular weight is 479 g/mol. The summed E-state index contributed by atoms with van der Waals surface area (Å²) in [5.74, 6) is 0.202. The molecule has 0 fully saturated rings. The highest BCUT2D eigenvalue weighted by Crippen LogP contribution is 2.37. The number of aromatic amines is 1. The van der Waals surface area contributed by atoms with Crippen LogP contribution in [0.15, 0.2) is 32.8 Å². The number of nitrogens with one attached hydrogen (secondary N) is 1. The Morgan fingerprint density at radius 3 is 2.57 bits per heavy atom. The number of nitro groups is 1. The maximum Gasteiger partial charge on any atom is 0.501 e. The lowest BCUT2D eigenvalue weighted by Gasteiger charge is -2.09. The summed E-state index contributed by atoms with van der Waals surface area (Å²) in [6, 6.07) is 1.96. The molecular formula is C16H12F3N3O5S3. The Hall–Kier alpha value is -2.45. The largest absolute Gasteiger partial charge is 0.501 e. The summed E-state index contributed by atoms with van der Waals surface area (Å²) in [6.07, 6.45) is 0. The van der Waals surface area contributed by atoms with Gasteiger partial charge in [0.2, 0.25) is 0 Å². The fourth-order valence-electron chi connectivity index (χ4n) is 2.58. The third-order valence-corrected chi connectivity index (χ3v) is 7.85. The van der Waals surface area contributed by atoms with Crippen molar-refractivity contribution in [2.24, 2.45) is 0 Å². The smallest absolute Gasteiger partial charge is 0.309 e. The molecule has 0 saturated carbocycles. The number of benzene rings is 1. The van der Waals surface area contributed by atoms with E-state index < -0.39 is 30.9 Å². The maximum absolute atomic E-state index is 12.7. The molecule has 3 aromatic rings. The van der Waals surface area contributed by atoms with Gasteiger partial charge < -0.3 is 4.98 Å². The molecule has 2 aromatic heterocycles. The highest BCUT2D eigenvalue weighted by atomic mass is 32.2. The van der Waals surface area contributed by atoms with Crippen LogP contribution in [-0.4, -0.2) is 28.8 Å². The molecule has 0 radical (unpaired) electrons. The molecule has 14 heteroatoms. The monoisotopic (exact) mass is 479 g/mol. The molecule has 160 valence electrons. The number of aromatic nitrogens is 2. The van der Waals surface area contributed by atoms with Crippen LogP contribution in [0.2, 0.25) is 0 Å². The summed E-state index contributed by atoms with van der Waals surface area (Å²) in [5, 5.41) is 11.7. The Morgan fingerprint density at radius 2 is 1.97 bits per heavy atom. The van der Waals surface area contributed by atoms with Crippen molar-refractivity contribution in [1.82, 2.24) is 9.97 Å². The molecule has 0 aliphatic heterocycles. The van der Waals surface area contributed by atoms with Crippen molar-refractivity contribution in [3.63, 3.8) is 0 Å². The van der Waals surface area contributed by atoms with Gasteiger partial charge >= 0.3 is 5.51 Å². The number of hydrogen-bond acceptors (Lipinski definition) is 8. The lowest BCUT2D eigenvalue weighted by atomic mass is 10.2. The number of sulfone groups is 1. The molecular weight excluding hydrogens is 467 g/mol. The number of nitrogens with zero attached hydrogens (tertiary/aromatic N) is 2. The van der Waals surface area contributed by atoms with E-state index in [1.807, 2.05) is 6.92 Å². The third-order valence-electron chi connectivity index (χ3n) is 4.19. The van der Waals surface area contributed by atoms with Crippen molar-refractivity contribution in [2.45, 2.75) is 34.9 Å². The first-order valence-electron chi connectivity index (χ1n) is 8.04. The molecule has 2 heterocycles. The molecule has 8 nitrogen and oxygen atoms in total. The summed E-state index contributed by atoms with van der Waals surface area (Å²) in [4.78, 5) is 29.6. The van der Waals surface area contributed by atoms with Gasteiger partial charge in [-0.05, 0) is 31.5 Å². The van der Waals surface area contributed by atoms with Gasteiger partial charge in [-0.2, -0.15) is 13.2 Å². The summed E-state index contributed by atoms with van der Waals surface area (Å²) in [5.41, 5.74) is -5.93. The van der Waals surface area contributed by atoms with Crippen LogP contribution in [0.5, 0.6) is 0 Å². The molecule has 0 aliphatic carbocycles. The fraction of sp³-hybridized carbons (Fsp3) is 0.250. The van der Waals surface area contributed by atoms with Crippen LogP contribution in [0.3, 0.4) is 0 Å². The van der Waals surface area contributed by atoms with Crippen LogP contribution in [0.25, 0.3) is 10.2 Å². The average Bonchev–Trinajstić information content (AvgIpc) is 2.93. The van der Waals surface area contributed by atoms with Gasteiger partial charge in [-0.25, -0.2) is 13.4 Å². The summed E-state index contributed by atoms with van der Waals surface area (Å²) < 4.78 is 61.2. The van der Waals surface area contributed by atoms with E-state index in [-0.39, 0.29) is 22.0 Å². The minimum absolute atomic E-state index is 0.0205. The molecule has 3 rings (SSSR count). The van der Waals surface area contributed by atoms with Gasteiger partial charge in [0.05, 0.1) is 25.9 Å². The van der Waals surface area contributed by atoms with E-state index in [4.69, 9.17) is 0 Å². The molecule has 0 atom stereocenters. The molecule has 0 aliphatic rings. The normalized spacial score (nSPS) is 12.4. The number of rotatable bonds is 5. The first kappa shape index (κ1) is 22.2. The fourth-order valence-corrected chi connectivity index (χ4v) is 5.28. The van der Waals surface area contributed by atoms with Crippen molar-refractivity contribution in [3.8, 4) is 0 Å². The highest BCUT2D eigenvalue weighted by Gasteiger charge is 2.47. The van der Waals surface area contributed by atoms with Crippen LogP contribution >= 0.6 is 23.1 Å². The van der Waals surface area contributed by atoms with Gasteiger partial charge in [0.1, 0.15) is 10.7 Å². The number of aryl methyl sites for hydroxylation is 2. The standard InChI is InChI=1S/C16H12F3N3O5S3/c1-7-8(2)29-15-13(7)14(23)20-12(21-15)6-28-11-4-3-9(5-10(11)22(24)25)30(26,27)16(17,18)19/h3-5H,6H2,1-2H3,(H,20,21,23). The topological polar surface area (TPSA) is 123 Å². The van der Waals surface area contributed by atoms with Crippen molar-refractivity contribution in [2.75, 3.05) is 0 Å². The molecule has 0 spiro atoms. The van der Waals surface area contributed by atoms with Crippen molar-refractivity contribution in [3.05, 3.63) is 54.9 Å². The van der Waals surface area contributed by atoms with Crippen LogP contribution in [-0.2, 0) is 15.6 Å². The van der Waals surface area contributed by atoms with Crippen molar-refractivity contribution in [1.29, 1.82) is 0 Å². The predicted molar refractivity (Wildman–Crippen MR) is 106 cm³/mol. The highest BCUT2D eigenvalue weighted by molar-refractivity contribution is 7.98. The zero-order valence-electron chi connectivity index (χ0n) is 15.2. The van der Waals surface area contributed by atoms with Crippen LogP contribution in [0.4, 0.5) is 18.9 Å². The summed E-state index contributed by atoms with van der Waals surface area (Å²) in [6.45, 7) is 3.63. The van der Waals surface area contributed by atoms with E-state index in [2.05, 4.69) is 9.97 Å². The second-order valence-electron chi connectivity index (χ2n) is 6.10. The van der Waals surface area contributed by atoms with E-state index in [1.165, 1.54) is 11.3 Å². The minimum Gasteiger partial charge on any atom is -0.309 e. The lowest BCUT2D eigenvalue weighted by Crippen LogP contribution is -2.23. The SMILES string of the molecule is Cc1sc2nc(CSc3ccc(S(=O)(=O)C(F)(F)F)cc3[N+](=O)[O-])[nH]c(=O)c2c1C. The van der Waals surface area contributed by atoms with Gasteiger partial charge in [-0.15, -0.1) is 23.1 Å². The number of thiophene rings is 1. The zero-order valence-corrected chi connectivity index (χ0v) is 17.7. The van der Waals surface area contributed by atoms with E-state index in [1.54, 1.807) is 6.92 Å². The summed E-state index contributed by atoms with van der Waals surface area (Å²) >= 11 is 2.16. The van der Waals surface area contributed by atoms with Crippen LogP contribution < -0.4 is 5.56 Å². The third kappa shape index (κ3) is 3.94. The molecule has 0 amide bonds. The molecule has 30 heavy (non-hydrogen) atoms. The number of hydrogen-bond donors (Lipinski definition) is 1. The van der Waals surface area contributed by atoms with Gasteiger partial charge in [-0.1, -0.05) is 0 Å². The quantitative estimate of drug-likeness (QED) is 0.332. The van der Waals surface area contributed by atoms with Gasteiger partial charge in [0, 0.05) is 10.9 Å². The van der Waals surface area contributed by atoms with E-state index in [0.717, 1.165) is 28.3 Å². The van der Waals surface area contributed by atoms with E-state index in [9.17, 15) is 36.5 Å². The Labute approximate surface area is 175 Å². The second kappa shape index (κ2) is 7.67. The lowest BCUT2D eigenvalue weighted by molar-refractivity contribution is -0.388. The first-order chi connectivity index (χ1) is 13.8. The Kier molecular flexibility index (Phi) is 5.68. The number of halogens is 3. The van der Waals surface area contributed by atoms with Gasteiger partial charge in [0.25, 0.3) is 21.1 Å². The number of alkyl halides is 3. The number of nitro benzene ring substituents is 1. The molecule has 0 saturated heterocycles. The number of H-pyrrole nitrogens is 1. The number of fused-ring (bicyclic) bond motifs is 1. The molecule has 0 unspecified atom stereocenters. The molecule has 1 N–H and O–H groups in total. The van der Waals surface area contributed by atoms with E-state index in [0.29, 0.717) is 22.3 Å². The number of thioether (sulfide) groups is 1. The first-order valence-corrected chi connectivity index (χ1v) is 11.3. The Morgan fingerprint density at radius 1 is 1.30 bits per heavy atom. The van der Waals surface area contributed by atoms with Crippen molar-refractivity contribution < 1.29 is 26.5 Å². The molecule has 1 aromatic carbocycles. The second-order valence-corrected chi connectivity index (χ2v) is 10.3. The maximum atomic E-state index is 12.7. The van der Waals surface area contributed by atoms with Crippen molar-refractivity contribution >= 4 is 48.8 Å². The predicted octanol–water partition coefficient (Wildman–Crippen LogP) is 4.10. The molecule has 0 bridgehead atoms. The Bertz CT molecular complexity index is 1330. The van der Waals surface area contributed by atoms with Gasteiger partial charge in [-0.3, -0.25) is 14.9 Å². The zero-order chi connectivity index (χ0) is 22.4. The van der Waals surface area contributed by atoms with E-state index >= 15 is 0 Å². The summed E-state index contributed by atoms with van der Waals surface area (Å²) in [7, 11) is -5.72. The van der Waals surface area contributed by atoms with Gasteiger partial charge in [0.15, 0.2) is 0 Å². The van der Waals surface area contributed by atoms with Crippen LogP contribution in [0.1, 0.15) is 16.3 Å². The Balaban J connectivity index is 1.95. The van der Waals surface area contributed by atoms with Crippen LogP contribution in [0, 0.1) is 24.0 Å².